The number of nitrogens with one attached hydrogen (secondary N) is 1. The normalized spacial score (nSPS) is 16.8. The van der Waals surface area contributed by atoms with E-state index < -0.39 is 0 Å². The van der Waals surface area contributed by atoms with Crippen LogP contribution in [0.3, 0.4) is 0 Å². The minimum atomic E-state index is 0.439. The maximum Gasteiger partial charge on any atom is 0.119 e. The highest BCUT2D eigenvalue weighted by atomic mass is 16.5. The average Bonchev–Trinajstić information content (AvgIpc) is 2.90. The highest BCUT2D eigenvalue weighted by Crippen LogP contribution is 2.33. The summed E-state index contributed by atoms with van der Waals surface area (Å²) in [6.45, 7) is 2.90. The largest absolute Gasteiger partial charge is 0.494 e. The smallest absolute Gasteiger partial charge is 0.119 e. The molecule has 20 heavy (non-hydrogen) atoms. The molecule has 1 aliphatic rings. The third-order valence-electron chi connectivity index (χ3n) is 3.80. The number of ether oxygens (including phenoxy) is 1. The van der Waals surface area contributed by atoms with Crippen molar-refractivity contribution in [1.82, 2.24) is 0 Å². The topological polar surface area (TPSA) is 21.3 Å². The van der Waals surface area contributed by atoms with Gasteiger partial charge in [-0.3, -0.25) is 0 Å². The molecule has 104 valence electrons. The summed E-state index contributed by atoms with van der Waals surface area (Å²) in [5.41, 5.74) is 4.09. The van der Waals surface area contributed by atoms with Crippen LogP contribution in [0.4, 0.5) is 5.69 Å². The number of anilines is 1. The van der Waals surface area contributed by atoms with E-state index in [9.17, 15) is 0 Å². The minimum Gasteiger partial charge on any atom is -0.494 e. The lowest BCUT2D eigenvalue weighted by Gasteiger charge is -2.16. The van der Waals surface area contributed by atoms with Gasteiger partial charge in [-0.1, -0.05) is 31.2 Å². The zero-order valence-electron chi connectivity index (χ0n) is 11.9. The van der Waals surface area contributed by atoms with Gasteiger partial charge in [0.15, 0.2) is 0 Å². The Balaban J connectivity index is 1.67. The van der Waals surface area contributed by atoms with Crippen LogP contribution in [0.15, 0.2) is 48.5 Å². The molecule has 0 amide bonds. The molecule has 1 unspecified atom stereocenters. The van der Waals surface area contributed by atoms with Crippen molar-refractivity contribution in [2.24, 2.45) is 0 Å². The number of hydrogen-bond donors (Lipinski definition) is 1. The van der Waals surface area contributed by atoms with Crippen LogP contribution in [0.5, 0.6) is 5.75 Å². The van der Waals surface area contributed by atoms with Crippen LogP contribution in [-0.2, 0) is 6.42 Å². The second-order valence-electron chi connectivity index (χ2n) is 5.31. The van der Waals surface area contributed by atoms with Gasteiger partial charge in [-0.2, -0.15) is 0 Å². The van der Waals surface area contributed by atoms with E-state index in [4.69, 9.17) is 4.74 Å². The number of rotatable bonds is 5. The average molecular weight is 267 g/mol. The Hall–Kier alpha value is -1.96. The molecule has 2 heteroatoms. The van der Waals surface area contributed by atoms with Gasteiger partial charge in [0.2, 0.25) is 0 Å². The second-order valence-corrected chi connectivity index (χ2v) is 5.31. The molecule has 3 rings (SSSR count). The van der Waals surface area contributed by atoms with Gasteiger partial charge in [0, 0.05) is 5.69 Å². The van der Waals surface area contributed by atoms with Crippen molar-refractivity contribution in [2.45, 2.75) is 32.2 Å². The summed E-state index contributed by atoms with van der Waals surface area (Å²) in [7, 11) is 0. The Morgan fingerprint density at radius 1 is 1.10 bits per heavy atom. The predicted molar refractivity (Wildman–Crippen MR) is 83.4 cm³/mol. The fourth-order valence-corrected chi connectivity index (χ4v) is 2.78. The van der Waals surface area contributed by atoms with Gasteiger partial charge < -0.3 is 10.1 Å². The van der Waals surface area contributed by atoms with Gasteiger partial charge in [0.25, 0.3) is 0 Å². The molecule has 0 spiro atoms. The summed E-state index contributed by atoms with van der Waals surface area (Å²) in [6, 6.07) is 17.4. The first-order chi connectivity index (χ1) is 9.86. The lowest BCUT2D eigenvalue weighted by molar-refractivity contribution is 0.317. The highest BCUT2D eigenvalue weighted by Gasteiger charge is 2.21. The van der Waals surface area contributed by atoms with Crippen molar-refractivity contribution < 1.29 is 4.74 Å². The molecular weight excluding hydrogens is 246 g/mol. The minimum absolute atomic E-state index is 0.439. The standard InChI is InChI=1S/C18H21NO/c1-2-13-20-16-10-8-15(9-11-16)19-18-12-7-14-5-3-4-6-17(14)18/h3-6,8-11,18-19H,2,7,12-13H2,1H3. The van der Waals surface area contributed by atoms with Crippen molar-refractivity contribution in [3.63, 3.8) is 0 Å². The van der Waals surface area contributed by atoms with Gasteiger partial charge in [-0.25, -0.2) is 0 Å². The van der Waals surface area contributed by atoms with Crippen molar-refractivity contribution in [3.8, 4) is 5.75 Å². The zero-order chi connectivity index (χ0) is 13.8. The molecule has 2 aromatic carbocycles. The molecular formula is C18H21NO. The van der Waals surface area contributed by atoms with Crippen LogP contribution in [0.2, 0.25) is 0 Å². The molecule has 0 saturated heterocycles. The molecule has 2 nitrogen and oxygen atoms in total. The summed E-state index contributed by atoms with van der Waals surface area (Å²) in [6.07, 6.45) is 3.39. The van der Waals surface area contributed by atoms with E-state index in [0.717, 1.165) is 24.5 Å². The SMILES string of the molecule is CCCOc1ccc(NC2CCc3ccccc32)cc1. The molecule has 1 aliphatic carbocycles. The summed E-state index contributed by atoms with van der Waals surface area (Å²) in [4.78, 5) is 0. The lowest BCUT2D eigenvalue weighted by atomic mass is 10.1. The molecule has 0 bridgehead atoms. The van der Waals surface area contributed by atoms with E-state index in [1.165, 1.54) is 24.0 Å². The maximum atomic E-state index is 5.61. The Labute approximate surface area is 120 Å². The Kier molecular flexibility index (Phi) is 3.91. The first kappa shape index (κ1) is 13.0. The number of benzene rings is 2. The molecule has 0 heterocycles. The van der Waals surface area contributed by atoms with Gasteiger partial charge >= 0.3 is 0 Å². The first-order valence-corrected chi connectivity index (χ1v) is 7.44. The molecule has 0 saturated carbocycles. The van der Waals surface area contributed by atoms with E-state index in [0.29, 0.717) is 6.04 Å². The third kappa shape index (κ3) is 2.79. The molecule has 1 N–H and O–H groups in total. The van der Waals surface area contributed by atoms with Gasteiger partial charge in [-0.05, 0) is 54.7 Å². The zero-order valence-corrected chi connectivity index (χ0v) is 11.9. The number of fused-ring (bicyclic) bond motifs is 1. The molecule has 2 aromatic rings. The predicted octanol–water partition coefficient (Wildman–Crippen LogP) is 4.57. The maximum absolute atomic E-state index is 5.61. The molecule has 0 radical (unpaired) electrons. The van der Waals surface area contributed by atoms with Gasteiger partial charge in [-0.15, -0.1) is 0 Å². The second kappa shape index (κ2) is 6.00. The lowest BCUT2D eigenvalue weighted by Crippen LogP contribution is -2.06. The molecule has 0 aliphatic heterocycles. The van der Waals surface area contributed by atoms with Gasteiger partial charge in [0.1, 0.15) is 5.75 Å². The van der Waals surface area contributed by atoms with E-state index in [1.807, 2.05) is 12.1 Å². The van der Waals surface area contributed by atoms with Crippen molar-refractivity contribution >= 4 is 5.69 Å². The quantitative estimate of drug-likeness (QED) is 0.856. The summed E-state index contributed by atoms with van der Waals surface area (Å²) >= 11 is 0. The van der Waals surface area contributed by atoms with Crippen LogP contribution in [0.1, 0.15) is 36.9 Å². The van der Waals surface area contributed by atoms with Crippen molar-refractivity contribution in [3.05, 3.63) is 59.7 Å². The van der Waals surface area contributed by atoms with Crippen LogP contribution in [-0.4, -0.2) is 6.61 Å². The molecule has 1 atom stereocenters. The first-order valence-electron chi connectivity index (χ1n) is 7.44. The van der Waals surface area contributed by atoms with Crippen molar-refractivity contribution in [1.29, 1.82) is 0 Å². The fourth-order valence-electron chi connectivity index (χ4n) is 2.78. The number of hydrogen-bond acceptors (Lipinski definition) is 2. The van der Waals surface area contributed by atoms with Crippen LogP contribution in [0, 0.1) is 0 Å². The summed E-state index contributed by atoms with van der Waals surface area (Å²) < 4.78 is 5.61. The Bertz CT molecular complexity index is 562. The van der Waals surface area contributed by atoms with Crippen molar-refractivity contribution in [2.75, 3.05) is 11.9 Å². The highest BCUT2D eigenvalue weighted by molar-refractivity contribution is 5.50. The Morgan fingerprint density at radius 2 is 1.90 bits per heavy atom. The monoisotopic (exact) mass is 267 g/mol. The van der Waals surface area contributed by atoms with Crippen LogP contribution in [0.25, 0.3) is 0 Å². The summed E-state index contributed by atoms with van der Waals surface area (Å²) in [5, 5.41) is 3.62. The molecule has 0 aromatic heterocycles. The van der Waals surface area contributed by atoms with E-state index >= 15 is 0 Å². The number of aryl methyl sites for hydroxylation is 1. The molecule has 0 fully saturated rings. The van der Waals surface area contributed by atoms with Crippen LogP contribution < -0.4 is 10.1 Å². The third-order valence-corrected chi connectivity index (χ3v) is 3.80. The summed E-state index contributed by atoms with van der Waals surface area (Å²) in [5.74, 6) is 0.948. The van der Waals surface area contributed by atoms with E-state index in [2.05, 4.69) is 48.6 Å². The fraction of sp³-hybridized carbons (Fsp3) is 0.333. The van der Waals surface area contributed by atoms with E-state index in [-0.39, 0.29) is 0 Å². The van der Waals surface area contributed by atoms with Crippen LogP contribution >= 0.6 is 0 Å². The van der Waals surface area contributed by atoms with Gasteiger partial charge in [0.05, 0.1) is 12.6 Å². The Morgan fingerprint density at radius 3 is 2.70 bits per heavy atom. The van der Waals surface area contributed by atoms with E-state index in [1.54, 1.807) is 0 Å².